The molecule has 0 aliphatic rings. The van der Waals surface area contributed by atoms with Gasteiger partial charge >= 0.3 is 0 Å². The van der Waals surface area contributed by atoms with Crippen LogP contribution in [0.1, 0.15) is 22.4 Å². The zero-order valence-electron chi connectivity index (χ0n) is 17.1. The second-order valence-corrected chi connectivity index (χ2v) is 7.87. The van der Waals surface area contributed by atoms with E-state index in [1.165, 1.54) is 16.7 Å². The SMILES string of the molecule is Cc1cccc(Cn2nc(CNCCc3ccc(Cl)cc3)c(-c3ccccc3)n2)c1. The van der Waals surface area contributed by atoms with Gasteiger partial charge in [-0.2, -0.15) is 15.0 Å². The molecule has 1 heterocycles. The van der Waals surface area contributed by atoms with E-state index in [0.29, 0.717) is 13.1 Å². The molecule has 152 valence electrons. The summed E-state index contributed by atoms with van der Waals surface area (Å²) in [4.78, 5) is 1.80. The van der Waals surface area contributed by atoms with Crippen LogP contribution in [0.5, 0.6) is 0 Å². The van der Waals surface area contributed by atoms with Gasteiger partial charge in [0, 0.05) is 17.1 Å². The van der Waals surface area contributed by atoms with Crippen molar-refractivity contribution in [2.45, 2.75) is 26.4 Å². The third kappa shape index (κ3) is 5.35. The number of rotatable bonds is 8. The summed E-state index contributed by atoms with van der Waals surface area (Å²) in [7, 11) is 0. The Morgan fingerprint density at radius 1 is 0.867 bits per heavy atom. The Labute approximate surface area is 182 Å². The molecule has 3 aromatic carbocycles. The Bertz CT molecular complexity index is 1090. The lowest BCUT2D eigenvalue weighted by atomic mass is 10.1. The Kier molecular flexibility index (Phi) is 6.57. The summed E-state index contributed by atoms with van der Waals surface area (Å²) in [6.45, 7) is 4.30. The normalized spacial score (nSPS) is 11.0. The van der Waals surface area contributed by atoms with Gasteiger partial charge < -0.3 is 5.32 Å². The van der Waals surface area contributed by atoms with Crippen LogP contribution in [0.4, 0.5) is 0 Å². The highest BCUT2D eigenvalue weighted by atomic mass is 35.5. The molecule has 0 bridgehead atoms. The fourth-order valence-corrected chi connectivity index (χ4v) is 3.58. The van der Waals surface area contributed by atoms with Gasteiger partial charge in [0.1, 0.15) is 11.4 Å². The second kappa shape index (κ2) is 9.70. The average molecular weight is 417 g/mol. The van der Waals surface area contributed by atoms with Gasteiger partial charge in [-0.25, -0.2) is 0 Å². The zero-order chi connectivity index (χ0) is 20.8. The topological polar surface area (TPSA) is 42.7 Å². The van der Waals surface area contributed by atoms with Crippen molar-refractivity contribution in [3.8, 4) is 11.3 Å². The van der Waals surface area contributed by atoms with E-state index in [1.807, 2.05) is 30.3 Å². The molecular formula is C25H25ClN4. The first kappa shape index (κ1) is 20.3. The number of halogens is 1. The Morgan fingerprint density at radius 3 is 2.43 bits per heavy atom. The van der Waals surface area contributed by atoms with Gasteiger partial charge in [0.25, 0.3) is 0 Å². The van der Waals surface area contributed by atoms with Crippen molar-refractivity contribution >= 4 is 11.6 Å². The van der Waals surface area contributed by atoms with Gasteiger partial charge in [-0.1, -0.05) is 83.9 Å². The molecule has 5 heteroatoms. The molecule has 0 saturated carbocycles. The molecule has 0 atom stereocenters. The molecule has 0 spiro atoms. The third-order valence-electron chi connectivity index (χ3n) is 4.97. The number of aromatic nitrogens is 3. The maximum Gasteiger partial charge on any atom is 0.117 e. The van der Waals surface area contributed by atoms with Crippen LogP contribution in [0.25, 0.3) is 11.3 Å². The zero-order valence-corrected chi connectivity index (χ0v) is 17.8. The van der Waals surface area contributed by atoms with Crippen LogP contribution < -0.4 is 5.32 Å². The summed E-state index contributed by atoms with van der Waals surface area (Å²) in [5, 5.41) is 13.9. The number of nitrogens with zero attached hydrogens (tertiary/aromatic N) is 3. The van der Waals surface area contributed by atoms with Gasteiger partial charge in [-0.15, -0.1) is 0 Å². The Morgan fingerprint density at radius 2 is 1.67 bits per heavy atom. The molecule has 0 unspecified atom stereocenters. The lowest BCUT2D eigenvalue weighted by molar-refractivity contribution is 0.576. The van der Waals surface area contributed by atoms with E-state index >= 15 is 0 Å². The number of nitrogens with one attached hydrogen (secondary N) is 1. The summed E-state index contributed by atoms with van der Waals surface area (Å²) in [5.41, 5.74) is 6.69. The van der Waals surface area contributed by atoms with E-state index in [4.69, 9.17) is 21.8 Å². The maximum atomic E-state index is 5.96. The molecule has 30 heavy (non-hydrogen) atoms. The van der Waals surface area contributed by atoms with E-state index in [-0.39, 0.29) is 0 Å². The smallest absolute Gasteiger partial charge is 0.117 e. The number of benzene rings is 3. The number of hydrogen-bond acceptors (Lipinski definition) is 3. The van der Waals surface area contributed by atoms with Crippen LogP contribution in [0.2, 0.25) is 5.02 Å². The lowest BCUT2D eigenvalue weighted by Gasteiger charge is -2.05. The fourth-order valence-electron chi connectivity index (χ4n) is 3.46. The van der Waals surface area contributed by atoms with Crippen LogP contribution >= 0.6 is 11.6 Å². The summed E-state index contributed by atoms with van der Waals surface area (Å²) < 4.78 is 0. The molecule has 4 aromatic rings. The standard InChI is InChI=1S/C25H25ClN4/c1-19-6-5-7-21(16-19)18-30-28-24(25(29-30)22-8-3-2-4-9-22)17-27-15-14-20-10-12-23(26)13-11-20/h2-13,16,27H,14-15,17-18H2,1H3. The number of hydrogen-bond donors (Lipinski definition) is 1. The first-order chi connectivity index (χ1) is 14.7. The van der Waals surface area contributed by atoms with Crippen molar-refractivity contribution in [2.75, 3.05) is 6.54 Å². The van der Waals surface area contributed by atoms with Crippen LogP contribution in [0, 0.1) is 6.92 Å². The van der Waals surface area contributed by atoms with E-state index in [9.17, 15) is 0 Å². The Hall–Kier alpha value is -2.95. The molecule has 0 fully saturated rings. The summed E-state index contributed by atoms with van der Waals surface area (Å²) in [6.07, 6.45) is 0.940. The number of aryl methyl sites for hydroxylation is 1. The maximum absolute atomic E-state index is 5.96. The van der Waals surface area contributed by atoms with Gasteiger partial charge in [-0.3, -0.25) is 0 Å². The molecule has 1 N–H and O–H groups in total. The van der Waals surface area contributed by atoms with E-state index in [2.05, 4.69) is 60.8 Å². The average Bonchev–Trinajstić information content (AvgIpc) is 3.15. The van der Waals surface area contributed by atoms with Crippen molar-refractivity contribution in [1.29, 1.82) is 0 Å². The molecule has 0 saturated heterocycles. The quantitative estimate of drug-likeness (QED) is 0.397. The summed E-state index contributed by atoms with van der Waals surface area (Å²) >= 11 is 5.96. The van der Waals surface area contributed by atoms with Crippen LogP contribution in [0.3, 0.4) is 0 Å². The van der Waals surface area contributed by atoms with E-state index in [1.54, 1.807) is 4.80 Å². The highest BCUT2D eigenvalue weighted by molar-refractivity contribution is 6.30. The van der Waals surface area contributed by atoms with Crippen molar-refractivity contribution in [3.05, 3.63) is 106 Å². The largest absolute Gasteiger partial charge is 0.311 e. The minimum atomic E-state index is 0.659. The first-order valence-corrected chi connectivity index (χ1v) is 10.6. The van der Waals surface area contributed by atoms with E-state index < -0.39 is 0 Å². The van der Waals surface area contributed by atoms with Crippen molar-refractivity contribution in [1.82, 2.24) is 20.3 Å². The third-order valence-corrected chi connectivity index (χ3v) is 5.23. The van der Waals surface area contributed by atoms with Crippen molar-refractivity contribution in [2.24, 2.45) is 0 Å². The van der Waals surface area contributed by atoms with Crippen LogP contribution in [0.15, 0.2) is 78.9 Å². The van der Waals surface area contributed by atoms with E-state index in [0.717, 1.165) is 34.9 Å². The minimum absolute atomic E-state index is 0.659. The molecule has 0 aliphatic heterocycles. The fraction of sp³-hybridized carbons (Fsp3) is 0.200. The molecular weight excluding hydrogens is 392 g/mol. The second-order valence-electron chi connectivity index (χ2n) is 7.43. The van der Waals surface area contributed by atoms with Crippen LogP contribution in [-0.4, -0.2) is 21.5 Å². The molecule has 0 radical (unpaired) electrons. The minimum Gasteiger partial charge on any atom is -0.311 e. The highest BCUT2D eigenvalue weighted by Crippen LogP contribution is 2.20. The highest BCUT2D eigenvalue weighted by Gasteiger charge is 2.13. The predicted molar refractivity (Wildman–Crippen MR) is 123 cm³/mol. The predicted octanol–water partition coefficient (Wildman–Crippen LogP) is 5.29. The Balaban J connectivity index is 1.47. The van der Waals surface area contributed by atoms with Gasteiger partial charge in [0.05, 0.1) is 6.54 Å². The van der Waals surface area contributed by atoms with Crippen molar-refractivity contribution in [3.63, 3.8) is 0 Å². The van der Waals surface area contributed by atoms with Crippen molar-refractivity contribution < 1.29 is 0 Å². The van der Waals surface area contributed by atoms with Gasteiger partial charge in [0.15, 0.2) is 0 Å². The van der Waals surface area contributed by atoms with Crippen LogP contribution in [-0.2, 0) is 19.5 Å². The molecule has 1 aromatic heterocycles. The summed E-state index contributed by atoms with van der Waals surface area (Å²) in [5.74, 6) is 0. The lowest BCUT2D eigenvalue weighted by Crippen LogP contribution is -2.17. The molecule has 4 rings (SSSR count). The first-order valence-electron chi connectivity index (χ1n) is 10.2. The molecule has 4 nitrogen and oxygen atoms in total. The molecule has 0 aliphatic carbocycles. The monoisotopic (exact) mass is 416 g/mol. The summed E-state index contributed by atoms with van der Waals surface area (Å²) in [6, 6.07) is 26.7. The molecule has 0 amide bonds. The van der Waals surface area contributed by atoms with Gasteiger partial charge in [-0.05, 0) is 43.1 Å². The van der Waals surface area contributed by atoms with Gasteiger partial charge in [0.2, 0.25) is 0 Å².